The van der Waals surface area contributed by atoms with Crippen LogP contribution in [-0.4, -0.2) is 58.2 Å². The van der Waals surface area contributed by atoms with Crippen molar-refractivity contribution in [3.63, 3.8) is 0 Å². The van der Waals surface area contributed by atoms with Gasteiger partial charge in [0, 0.05) is 38.5 Å². The number of nitrogens with zero attached hydrogens (tertiary/aromatic N) is 3. The van der Waals surface area contributed by atoms with Crippen molar-refractivity contribution in [2.24, 2.45) is 4.99 Å². The first-order valence-corrected chi connectivity index (χ1v) is 10.5. The van der Waals surface area contributed by atoms with E-state index in [2.05, 4.69) is 21.0 Å². The number of piperidine rings is 1. The molecular weight excluding hydrogens is 368 g/mol. The van der Waals surface area contributed by atoms with Crippen LogP contribution >= 0.6 is 0 Å². The lowest BCUT2D eigenvalue weighted by atomic mass is 9.84. The van der Waals surface area contributed by atoms with E-state index in [9.17, 15) is 9.90 Å². The van der Waals surface area contributed by atoms with Crippen molar-refractivity contribution in [2.75, 3.05) is 19.6 Å². The van der Waals surface area contributed by atoms with Gasteiger partial charge in [-0.05, 0) is 37.3 Å². The van der Waals surface area contributed by atoms with Crippen molar-refractivity contribution in [1.29, 1.82) is 0 Å². The molecule has 0 bridgehead atoms. The van der Waals surface area contributed by atoms with Crippen LogP contribution in [0.5, 0.6) is 0 Å². The molecule has 1 amide bonds. The largest absolute Gasteiger partial charge is 0.385 e. The highest BCUT2D eigenvalue weighted by molar-refractivity contribution is 5.74. The number of nitrogens with one attached hydrogen (secondary N) is 1. The third kappa shape index (κ3) is 5.88. The first-order valence-electron chi connectivity index (χ1n) is 10.5. The summed E-state index contributed by atoms with van der Waals surface area (Å²) in [5, 5.41) is 19.6. The van der Waals surface area contributed by atoms with Crippen molar-refractivity contribution < 1.29 is 15.1 Å². The first kappa shape index (κ1) is 21.5. The van der Waals surface area contributed by atoms with E-state index in [1.54, 1.807) is 5.48 Å². The summed E-state index contributed by atoms with van der Waals surface area (Å²) in [6.45, 7) is 2.51. The van der Waals surface area contributed by atoms with E-state index >= 15 is 0 Å². The molecule has 1 fully saturated rings. The second-order valence-electron chi connectivity index (χ2n) is 7.86. The highest BCUT2D eigenvalue weighted by Gasteiger charge is 2.37. The van der Waals surface area contributed by atoms with Crippen LogP contribution in [0.3, 0.4) is 0 Å². The van der Waals surface area contributed by atoms with Gasteiger partial charge in [-0.15, -0.1) is 0 Å². The Hall–Kier alpha value is -2.22. The second-order valence-corrected chi connectivity index (χ2v) is 7.86. The SMILES string of the molecule is O=C(CCCCCCN1C=CC=NC1N1CCC(O)(c2ccccc2)CC1)NO. The van der Waals surface area contributed by atoms with Gasteiger partial charge in [0.25, 0.3) is 0 Å². The zero-order valence-corrected chi connectivity index (χ0v) is 16.9. The second kappa shape index (κ2) is 10.5. The molecule has 1 atom stereocenters. The zero-order valence-electron chi connectivity index (χ0n) is 16.9. The van der Waals surface area contributed by atoms with Gasteiger partial charge in [0.1, 0.15) is 0 Å². The van der Waals surface area contributed by atoms with E-state index in [0.29, 0.717) is 19.3 Å². The van der Waals surface area contributed by atoms with Crippen molar-refractivity contribution in [3.8, 4) is 0 Å². The van der Waals surface area contributed by atoms with Gasteiger partial charge in [-0.1, -0.05) is 43.2 Å². The number of aliphatic imine (C=N–C) groups is 1. The molecule has 7 nitrogen and oxygen atoms in total. The van der Waals surface area contributed by atoms with E-state index in [0.717, 1.165) is 50.9 Å². The maximum absolute atomic E-state index is 11.1. The summed E-state index contributed by atoms with van der Waals surface area (Å²) in [4.78, 5) is 20.3. The van der Waals surface area contributed by atoms with Crippen molar-refractivity contribution in [3.05, 3.63) is 48.2 Å². The monoisotopic (exact) mass is 400 g/mol. The number of carbonyl (C=O) groups is 1. The maximum atomic E-state index is 11.1. The molecule has 3 rings (SSSR count). The molecular formula is C22H32N4O3. The molecule has 2 aliphatic rings. The van der Waals surface area contributed by atoms with Crippen LogP contribution in [0.1, 0.15) is 50.5 Å². The number of aliphatic hydroxyl groups is 1. The van der Waals surface area contributed by atoms with Gasteiger partial charge in [-0.25, -0.2) is 5.48 Å². The Labute approximate surface area is 172 Å². The number of hydrogen-bond donors (Lipinski definition) is 3. The molecule has 0 aliphatic carbocycles. The number of hydrogen-bond acceptors (Lipinski definition) is 6. The minimum Gasteiger partial charge on any atom is -0.385 e. The molecule has 1 aromatic carbocycles. The predicted molar refractivity (Wildman–Crippen MR) is 112 cm³/mol. The van der Waals surface area contributed by atoms with Gasteiger partial charge >= 0.3 is 0 Å². The van der Waals surface area contributed by atoms with Crippen LogP contribution in [-0.2, 0) is 10.4 Å². The fraction of sp³-hybridized carbons (Fsp3) is 0.545. The molecule has 2 aliphatic heterocycles. The van der Waals surface area contributed by atoms with Crippen molar-refractivity contribution >= 4 is 12.1 Å². The molecule has 0 radical (unpaired) electrons. The van der Waals surface area contributed by atoms with Crippen LogP contribution in [0.25, 0.3) is 0 Å². The first-order chi connectivity index (χ1) is 14.1. The van der Waals surface area contributed by atoms with E-state index in [4.69, 9.17) is 5.21 Å². The van der Waals surface area contributed by atoms with Crippen molar-refractivity contribution in [2.45, 2.75) is 56.8 Å². The Morgan fingerprint density at radius 2 is 1.86 bits per heavy atom. The predicted octanol–water partition coefficient (Wildman–Crippen LogP) is 2.61. The molecule has 7 heteroatoms. The number of hydroxylamine groups is 1. The summed E-state index contributed by atoms with van der Waals surface area (Å²) >= 11 is 0. The van der Waals surface area contributed by atoms with Gasteiger partial charge < -0.3 is 10.0 Å². The number of benzene rings is 1. The average molecular weight is 401 g/mol. The third-order valence-corrected chi connectivity index (χ3v) is 5.84. The van der Waals surface area contributed by atoms with Crippen LogP contribution in [0, 0.1) is 0 Å². The Balaban J connectivity index is 1.45. The molecule has 0 spiro atoms. The molecule has 1 saturated heterocycles. The van der Waals surface area contributed by atoms with E-state index in [1.807, 2.05) is 42.6 Å². The third-order valence-electron chi connectivity index (χ3n) is 5.84. The molecule has 0 aromatic heterocycles. The standard InChI is InChI=1S/C22H32N4O3/c27-20(24-29)11-6-1-2-7-15-25-16-8-14-23-21(25)26-17-12-22(28,13-18-26)19-9-4-3-5-10-19/h3-5,8-10,14,16,21,28-29H,1-2,6-7,11-13,15,17-18H2,(H,24,27). The molecule has 158 valence electrons. The summed E-state index contributed by atoms with van der Waals surface area (Å²) in [6, 6.07) is 9.95. The Kier molecular flexibility index (Phi) is 7.80. The highest BCUT2D eigenvalue weighted by Crippen LogP contribution is 2.34. The minimum atomic E-state index is -0.752. The number of unbranched alkanes of at least 4 members (excludes halogenated alkanes) is 3. The smallest absolute Gasteiger partial charge is 0.243 e. The molecule has 0 saturated carbocycles. The van der Waals surface area contributed by atoms with E-state index in [1.165, 1.54) is 0 Å². The van der Waals surface area contributed by atoms with Crippen LogP contribution < -0.4 is 5.48 Å². The lowest BCUT2D eigenvalue weighted by Crippen LogP contribution is -2.52. The lowest BCUT2D eigenvalue weighted by molar-refractivity contribution is -0.129. The number of allylic oxidation sites excluding steroid dienone is 1. The van der Waals surface area contributed by atoms with Gasteiger partial charge in [-0.3, -0.25) is 19.9 Å². The fourth-order valence-corrected chi connectivity index (χ4v) is 4.08. The Morgan fingerprint density at radius 3 is 2.59 bits per heavy atom. The van der Waals surface area contributed by atoms with Gasteiger partial charge in [0.05, 0.1) is 5.60 Å². The fourth-order valence-electron chi connectivity index (χ4n) is 4.08. The van der Waals surface area contributed by atoms with Crippen LogP contribution in [0.4, 0.5) is 0 Å². The summed E-state index contributed by atoms with van der Waals surface area (Å²) in [7, 11) is 0. The molecule has 1 unspecified atom stereocenters. The lowest BCUT2D eigenvalue weighted by Gasteiger charge is -2.44. The molecule has 1 aromatic rings. The number of rotatable bonds is 9. The molecule has 2 heterocycles. The van der Waals surface area contributed by atoms with Gasteiger partial charge in [0.15, 0.2) is 6.29 Å². The molecule has 3 N–H and O–H groups in total. The molecule has 29 heavy (non-hydrogen) atoms. The quantitative estimate of drug-likeness (QED) is 0.337. The van der Waals surface area contributed by atoms with Gasteiger partial charge in [0.2, 0.25) is 5.91 Å². The minimum absolute atomic E-state index is 0.0134. The summed E-state index contributed by atoms with van der Waals surface area (Å²) in [6.07, 6.45) is 11.5. The zero-order chi connectivity index (χ0) is 20.5. The van der Waals surface area contributed by atoms with E-state index in [-0.39, 0.29) is 12.2 Å². The van der Waals surface area contributed by atoms with E-state index < -0.39 is 5.60 Å². The summed E-state index contributed by atoms with van der Waals surface area (Å²) in [5.74, 6) is -0.320. The summed E-state index contributed by atoms with van der Waals surface area (Å²) in [5.41, 5.74) is 1.92. The topological polar surface area (TPSA) is 88.4 Å². The number of amides is 1. The number of carbonyl (C=O) groups excluding carboxylic acids is 1. The number of likely N-dealkylation sites (tertiary alicyclic amines) is 1. The Bertz CT molecular complexity index is 699. The maximum Gasteiger partial charge on any atom is 0.243 e. The summed E-state index contributed by atoms with van der Waals surface area (Å²) < 4.78 is 0. The van der Waals surface area contributed by atoms with Crippen LogP contribution in [0.15, 0.2) is 47.6 Å². The Morgan fingerprint density at radius 1 is 1.14 bits per heavy atom. The van der Waals surface area contributed by atoms with Gasteiger partial charge in [-0.2, -0.15) is 0 Å². The average Bonchev–Trinajstić information content (AvgIpc) is 2.77. The van der Waals surface area contributed by atoms with Crippen LogP contribution in [0.2, 0.25) is 0 Å². The van der Waals surface area contributed by atoms with Crippen molar-refractivity contribution in [1.82, 2.24) is 15.3 Å². The normalized spacial score (nSPS) is 21.3. The highest BCUT2D eigenvalue weighted by atomic mass is 16.5.